The van der Waals surface area contributed by atoms with Crippen molar-refractivity contribution >= 4 is 35.1 Å². The molecule has 1 aromatic rings. The average Bonchev–Trinajstić information content (AvgIpc) is 2.40. The smallest absolute Gasteiger partial charge is 0.310 e. The Morgan fingerprint density at radius 2 is 1.76 bits per heavy atom. The van der Waals surface area contributed by atoms with E-state index in [4.69, 9.17) is 27.9 Å². The van der Waals surface area contributed by atoms with Gasteiger partial charge in [-0.05, 0) is 25.0 Å². The molecule has 1 aromatic carbocycles. The Hall–Kier alpha value is -1.26. The minimum atomic E-state index is -0.544. The topological polar surface area (TPSA) is 55.4 Å². The molecule has 0 unspecified atom stereocenters. The number of rotatable bonds is 6. The molecule has 0 heterocycles. The van der Waals surface area contributed by atoms with Crippen LogP contribution in [0.15, 0.2) is 18.2 Å². The van der Waals surface area contributed by atoms with Crippen molar-refractivity contribution < 1.29 is 14.3 Å². The number of hydrogen-bond donors (Lipinski definition) is 1. The summed E-state index contributed by atoms with van der Waals surface area (Å²) in [6.07, 6.45) is -0.0640. The predicted octanol–water partition coefficient (Wildman–Crippen LogP) is 3.24. The normalized spacial score (nSPS) is 12.1. The molecule has 1 amide bonds. The molecule has 1 atom stereocenters. The summed E-state index contributed by atoms with van der Waals surface area (Å²) in [4.78, 5) is 23.3. The first-order chi connectivity index (χ1) is 9.81. The zero-order valence-electron chi connectivity index (χ0n) is 12.3. The minimum absolute atomic E-state index is 0.0224. The molecule has 0 saturated heterocycles. The Bertz CT molecular complexity index is 497. The van der Waals surface area contributed by atoms with Crippen molar-refractivity contribution in [3.05, 3.63) is 33.8 Å². The first kappa shape index (κ1) is 17.8. The lowest BCUT2D eigenvalue weighted by atomic mass is 10.1. The van der Waals surface area contributed by atoms with Gasteiger partial charge in [-0.25, -0.2) is 0 Å². The van der Waals surface area contributed by atoms with E-state index in [2.05, 4.69) is 5.32 Å². The summed E-state index contributed by atoms with van der Waals surface area (Å²) in [6.45, 7) is 5.58. The summed E-state index contributed by atoms with van der Waals surface area (Å²) in [7, 11) is 0. The van der Waals surface area contributed by atoms with Gasteiger partial charge in [0.15, 0.2) is 6.61 Å². The van der Waals surface area contributed by atoms with Crippen molar-refractivity contribution in [3.63, 3.8) is 0 Å². The van der Waals surface area contributed by atoms with Gasteiger partial charge < -0.3 is 10.1 Å². The highest BCUT2D eigenvalue weighted by atomic mass is 35.5. The lowest BCUT2D eigenvalue weighted by Gasteiger charge is -2.17. The molecule has 0 spiro atoms. The van der Waals surface area contributed by atoms with E-state index in [9.17, 15) is 9.59 Å². The summed E-state index contributed by atoms with van der Waals surface area (Å²) in [5.74, 6) is -0.557. The van der Waals surface area contributed by atoms with Crippen molar-refractivity contribution in [2.24, 2.45) is 5.92 Å². The quantitative estimate of drug-likeness (QED) is 0.814. The molecule has 6 heteroatoms. The molecular weight excluding hydrogens is 313 g/mol. The van der Waals surface area contributed by atoms with Gasteiger partial charge in [0, 0.05) is 21.7 Å². The molecule has 0 aliphatic carbocycles. The Morgan fingerprint density at radius 3 is 2.29 bits per heavy atom. The van der Waals surface area contributed by atoms with Crippen LogP contribution in [0.4, 0.5) is 0 Å². The lowest BCUT2D eigenvalue weighted by molar-refractivity contribution is -0.148. The third-order valence-electron chi connectivity index (χ3n) is 3.14. The number of carbonyl (C=O) groups is 2. The molecule has 1 rings (SSSR count). The second kappa shape index (κ2) is 8.25. The van der Waals surface area contributed by atoms with E-state index >= 15 is 0 Å². The standard InChI is InChI=1S/C15H19Cl2NO3/c1-9(2)10(3)18-14(19)8-21-15(20)7-11-12(16)5-4-6-13(11)17/h4-6,9-10H,7-8H2,1-3H3,(H,18,19)/t10-/m0/s1. The third-order valence-corrected chi connectivity index (χ3v) is 3.84. The second-order valence-corrected chi connectivity index (χ2v) is 5.95. The summed E-state index contributed by atoms with van der Waals surface area (Å²) in [5.41, 5.74) is 0.502. The van der Waals surface area contributed by atoms with Crippen molar-refractivity contribution in [1.29, 1.82) is 0 Å². The predicted molar refractivity (Wildman–Crippen MR) is 83.6 cm³/mol. The SMILES string of the molecule is CC(C)[C@H](C)NC(=O)COC(=O)Cc1c(Cl)cccc1Cl. The van der Waals surface area contributed by atoms with Crippen LogP contribution in [0.5, 0.6) is 0 Å². The van der Waals surface area contributed by atoms with Crippen LogP contribution in [0.25, 0.3) is 0 Å². The van der Waals surface area contributed by atoms with Crippen LogP contribution < -0.4 is 5.32 Å². The number of hydrogen-bond acceptors (Lipinski definition) is 3. The zero-order valence-corrected chi connectivity index (χ0v) is 13.8. The number of esters is 1. The number of carbonyl (C=O) groups excluding carboxylic acids is 2. The van der Waals surface area contributed by atoms with E-state index < -0.39 is 5.97 Å². The molecule has 0 aliphatic heterocycles. The summed E-state index contributed by atoms with van der Waals surface area (Å²) < 4.78 is 4.93. The lowest BCUT2D eigenvalue weighted by Crippen LogP contribution is -2.38. The maximum Gasteiger partial charge on any atom is 0.310 e. The Balaban J connectivity index is 2.46. The van der Waals surface area contributed by atoms with Crippen molar-refractivity contribution in [2.75, 3.05) is 6.61 Å². The van der Waals surface area contributed by atoms with Crippen LogP contribution in [0, 0.1) is 5.92 Å². The maximum atomic E-state index is 11.7. The van der Waals surface area contributed by atoms with E-state index in [-0.39, 0.29) is 25.0 Å². The Kier molecular flexibility index (Phi) is 6.99. The van der Waals surface area contributed by atoms with Crippen LogP contribution in [-0.4, -0.2) is 24.5 Å². The first-order valence-electron chi connectivity index (χ1n) is 6.69. The number of nitrogens with one attached hydrogen (secondary N) is 1. The van der Waals surface area contributed by atoms with Gasteiger partial charge in [0.2, 0.25) is 0 Å². The molecule has 116 valence electrons. The minimum Gasteiger partial charge on any atom is -0.455 e. The molecule has 4 nitrogen and oxygen atoms in total. The van der Waals surface area contributed by atoms with Gasteiger partial charge in [0.05, 0.1) is 6.42 Å². The fraction of sp³-hybridized carbons (Fsp3) is 0.467. The van der Waals surface area contributed by atoms with Crippen LogP contribution in [0.1, 0.15) is 26.3 Å². The van der Waals surface area contributed by atoms with Gasteiger partial charge in [-0.15, -0.1) is 0 Å². The fourth-order valence-electron chi connectivity index (χ4n) is 1.50. The average molecular weight is 332 g/mol. The number of benzene rings is 1. The third kappa shape index (κ3) is 5.94. The number of halogens is 2. The van der Waals surface area contributed by atoms with Crippen molar-refractivity contribution in [2.45, 2.75) is 33.2 Å². The molecule has 21 heavy (non-hydrogen) atoms. The highest BCUT2D eigenvalue weighted by Crippen LogP contribution is 2.24. The van der Waals surface area contributed by atoms with Gasteiger partial charge in [-0.3, -0.25) is 9.59 Å². The van der Waals surface area contributed by atoms with E-state index in [1.807, 2.05) is 20.8 Å². The molecule has 0 aromatic heterocycles. The molecule has 0 radical (unpaired) electrons. The molecular formula is C15H19Cl2NO3. The van der Waals surface area contributed by atoms with Gasteiger partial charge in [0.25, 0.3) is 5.91 Å². The maximum absolute atomic E-state index is 11.7. The monoisotopic (exact) mass is 331 g/mol. The van der Waals surface area contributed by atoms with Crippen molar-refractivity contribution in [3.8, 4) is 0 Å². The summed E-state index contributed by atoms with van der Waals surface area (Å²) >= 11 is 11.9. The van der Waals surface area contributed by atoms with Crippen LogP contribution in [-0.2, 0) is 20.7 Å². The summed E-state index contributed by atoms with van der Waals surface area (Å²) in [6, 6.07) is 5.01. The van der Waals surface area contributed by atoms with Gasteiger partial charge in [-0.2, -0.15) is 0 Å². The molecule has 0 fully saturated rings. The van der Waals surface area contributed by atoms with Gasteiger partial charge in [-0.1, -0.05) is 43.1 Å². The highest BCUT2D eigenvalue weighted by molar-refractivity contribution is 6.36. The van der Waals surface area contributed by atoms with E-state index in [0.29, 0.717) is 21.5 Å². The molecule has 0 aliphatic rings. The second-order valence-electron chi connectivity index (χ2n) is 5.14. The van der Waals surface area contributed by atoms with Gasteiger partial charge >= 0.3 is 5.97 Å². The van der Waals surface area contributed by atoms with E-state index in [1.165, 1.54) is 0 Å². The van der Waals surface area contributed by atoms with Crippen molar-refractivity contribution in [1.82, 2.24) is 5.32 Å². The molecule has 0 bridgehead atoms. The Morgan fingerprint density at radius 1 is 1.19 bits per heavy atom. The molecule has 1 N–H and O–H groups in total. The number of ether oxygens (including phenoxy) is 1. The summed E-state index contributed by atoms with van der Waals surface area (Å²) in [5, 5.41) is 3.55. The zero-order chi connectivity index (χ0) is 16.0. The highest BCUT2D eigenvalue weighted by Gasteiger charge is 2.15. The van der Waals surface area contributed by atoms with Gasteiger partial charge in [0.1, 0.15) is 0 Å². The molecule has 0 saturated carbocycles. The van der Waals surface area contributed by atoms with E-state index in [1.54, 1.807) is 18.2 Å². The number of amides is 1. The first-order valence-corrected chi connectivity index (χ1v) is 7.44. The van der Waals surface area contributed by atoms with Crippen LogP contribution in [0.2, 0.25) is 10.0 Å². The van der Waals surface area contributed by atoms with E-state index in [0.717, 1.165) is 0 Å². The van der Waals surface area contributed by atoms with Crippen LogP contribution in [0.3, 0.4) is 0 Å². The Labute approximate surface area is 134 Å². The largest absolute Gasteiger partial charge is 0.455 e. The van der Waals surface area contributed by atoms with Crippen LogP contribution >= 0.6 is 23.2 Å². The fourth-order valence-corrected chi connectivity index (χ4v) is 2.04.